The van der Waals surface area contributed by atoms with Gasteiger partial charge in [-0.2, -0.15) is 0 Å². The first-order chi connectivity index (χ1) is 8.69. The molecule has 0 aromatic carbocycles. The molecule has 0 aliphatic heterocycles. The topological polar surface area (TPSA) is 46.3 Å². The summed E-state index contributed by atoms with van der Waals surface area (Å²) in [6, 6.07) is 0.419. The Hall–Kier alpha value is -0.570. The second-order valence-corrected chi connectivity index (χ2v) is 7.65. The highest BCUT2D eigenvalue weighted by atomic mass is 16.2. The molecule has 0 saturated heterocycles. The third-order valence-corrected chi connectivity index (χ3v) is 4.24. The normalized spacial score (nSPS) is 26.0. The van der Waals surface area contributed by atoms with Crippen LogP contribution >= 0.6 is 0 Å². The van der Waals surface area contributed by atoms with E-state index in [-0.39, 0.29) is 17.4 Å². The summed E-state index contributed by atoms with van der Waals surface area (Å²) in [5.74, 6) is 1.04. The van der Waals surface area contributed by atoms with E-state index in [1.807, 2.05) is 11.9 Å². The van der Waals surface area contributed by atoms with Gasteiger partial charge < -0.3 is 10.6 Å². The van der Waals surface area contributed by atoms with E-state index in [2.05, 4.69) is 27.7 Å². The van der Waals surface area contributed by atoms with Crippen molar-refractivity contribution < 1.29 is 4.79 Å². The molecule has 0 spiro atoms. The summed E-state index contributed by atoms with van der Waals surface area (Å²) in [5.41, 5.74) is 6.30. The summed E-state index contributed by atoms with van der Waals surface area (Å²) in [6.07, 6.45) is 6.18. The first-order valence-corrected chi connectivity index (χ1v) is 7.70. The highest BCUT2D eigenvalue weighted by molar-refractivity contribution is 5.76. The molecule has 2 N–H and O–H groups in total. The molecular weight excluding hydrogens is 236 g/mol. The second kappa shape index (κ2) is 6.74. The molecule has 1 aliphatic rings. The quantitative estimate of drug-likeness (QED) is 0.851. The summed E-state index contributed by atoms with van der Waals surface area (Å²) in [7, 11) is 1.95. The Morgan fingerprint density at radius 2 is 1.79 bits per heavy atom. The SMILES string of the molecule is CC1CCC(N(C)C(=O)CC(N)CC(C)(C)C)CC1. The second-order valence-electron chi connectivity index (χ2n) is 7.65. The highest BCUT2D eigenvalue weighted by Gasteiger charge is 2.26. The lowest BCUT2D eigenvalue weighted by Crippen LogP contribution is -2.42. The Morgan fingerprint density at radius 3 is 2.26 bits per heavy atom. The predicted octanol–water partition coefficient (Wildman–Crippen LogP) is 3.18. The van der Waals surface area contributed by atoms with Crippen LogP contribution in [0.5, 0.6) is 0 Å². The minimum absolute atomic E-state index is 0.0162. The molecule has 3 heteroatoms. The maximum Gasteiger partial charge on any atom is 0.224 e. The number of rotatable bonds is 4. The van der Waals surface area contributed by atoms with Crippen molar-refractivity contribution in [2.75, 3.05) is 7.05 Å². The molecule has 1 rings (SSSR count). The molecule has 1 unspecified atom stereocenters. The van der Waals surface area contributed by atoms with E-state index in [9.17, 15) is 4.79 Å². The summed E-state index contributed by atoms with van der Waals surface area (Å²) >= 11 is 0. The number of hydrogen-bond acceptors (Lipinski definition) is 2. The molecule has 0 aromatic heterocycles. The molecule has 1 aliphatic carbocycles. The molecule has 0 bridgehead atoms. The number of nitrogens with two attached hydrogens (primary N) is 1. The molecule has 1 amide bonds. The van der Waals surface area contributed by atoms with Crippen LogP contribution in [-0.4, -0.2) is 29.9 Å². The predicted molar refractivity (Wildman–Crippen MR) is 80.9 cm³/mol. The van der Waals surface area contributed by atoms with Crippen LogP contribution in [0.4, 0.5) is 0 Å². The van der Waals surface area contributed by atoms with Crippen LogP contribution in [0.3, 0.4) is 0 Å². The van der Waals surface area contributed by atoms with E-state index in [0.29, 0.717) is 12.5 Å². The average Bonchev–Trinajstić information content (AvgIpc) is 2.26. The van der Waals surface area contributed by atoms with E-state index in [1.54, 1.807) is 0 Å². The smallest absolute Gasteiger partial charge is 0.224 e. The number of hydrogen-bond donors (Lipinski definition) is 1. The summed E-state index contributed by atoms with van der Waals surface area (Å²) < 4.78 is 0. The largest absolute Gasteiger partial charge is 0.343 e. The lowest BCUT2D eigenvalue weighted by atomic mass is 9.85. The zero-order chi connectivity index (χ0) is 14.6. The van der Waals surface area contributed by atoms with Gasteiger partial charge in [0.2, 0.25) is 5.91 Å². The van der Waals surface area contributed by atoms with Gasteiger partial charge in [-0.3, -0.25) is 4.79 Å². The Balaban J connectivity index is 2.40. The molecule has 1 fully saturated rings. The van der Waals surface area contributed by atoms with Crippen molar-refractivity contribution in [1.82, 2.24) is 4.90 Å². The van der Waals surface area contributed by atoms with Crippen LogP contribution in [0, 0.1) is 11.3 Å². The maximum absolute atomic E-state index is 12.3. The van der Waals surface area contributed by atoms with Gasteiger partial charge in [0.25, 0.3) is 0 Å². The minimum atomic E-state index is -0.0162. The fourth-order valence-corrected chi connectivity index (χ4v) is 3.06. The Bertz CT molecular complexity index is 288. The van der Waals surface area contributed by atoms with E-state index >= 15 is 0 Å². The van der Waals surface area contributed by atoms with Crippen molar-refractivity contribution in [1.29, 1.82) is 0 Å². The molecule has 19 heavy (non-hydrogen) atoms. The summed E-state index contributed by atoms with van der Waals surface area (Å²) in [4.78, 5) is 14.2. The molecule has 0 radical (unpaired) electrons. The molecule has 0 heterocycles. The van der Waals surface area contributed by atoms with E-state index in [1.165, 1.54) is 12.8 Å². The van der Waals surface area contributed by atoms with Crippen molar-refractivity contribution in [2.45, 2.75) is 78.3 Å². The van der Waals surface area contributed by atoms with Crippen molar-refractivity contribution >= 4 is 5.91 Å². The van der Waals surface area contributed by atoms with Crippen LogP contribution in [0.15, 0.2) is 0 Å². The average molecular weight is 268 g/mol. The van der Waals surface area contributed by atoms with Gasteiger partial charge in [-0.25, -0.2) is 0 Å². The van der Waals surface area contributed by atoms with Gasteiger partial charge >= 0.3 is 0 Å². The van der Waals surface area contributed by atoms with E-state index < -0.39 is 0 Å². The molecule has 1 saturated carbocycles. The number of carbonyl (C=O) groups is 1. The standard InChI is InChI=1S/C16H32N2O/c1-12-6-8-14(9-7-12)18(5)15(19)10-13(17)11-16(2,3)4/h12-14H,6-11,17H2,1-5H3. The number of carbonyl (C=O) groups excluding carboxylic acids is 1. The van der Waals surface area contributed by atoms with Crippen molar-refractivity contribution in [3.05, 3.63) is 0 Å². The number of amides is 1. The summed E-state index contributed by atoms with van der Waals surface area (Å²) in [5, 5.41) is 0. The monoisotopic (exact) mass is 268 g/mol. The van der Waals surface area contributed by atoms with E-state index in [0.717, 1.165) is 25.2 Å². The van der Waals surface area contributed by atoms with Crippen LogP contribution in [-0.2, 0) is 4.79 Å². The summed E-state index contributed by atoms with van der Waals surface area (Å²) in [6.45, 7) is 8.81. The van der Waals surface area contributed by atoms with Gasteiger partial charge in [0, 0.05) is 25.6 Å². The fraction of sp³-hybridized carbons (Fsp3) is 0.938. The highest BCUT2D eigenvalue weighted by Crippen LogP contribution is 2.27. The lowest BCUT2D eigenvalue weighted by molar-refractivity contribution is -0.133. The third-order valence-electron chi connectivity index (χ3n) is 4.24. The van der Waals surface area contributed by atoms with Crippen LogP contribution < -0.4 is 5.73 Å². The fourth-order valence-electron chi connectivity index (χ4n) is 3.06. The van der Waals surface area contributed by atoms with Gasteiger partial charge in [0.15, 0.2) is 0 Å². The lowest BCUT2D eigenvalue weighted by Gasteiger charge is -2.34. The Labute approximate surface area is 118 Å². The zero-order valence-corrected chi connectivity index (χ0v) is 13.4. The van der Waals surface area contributed by atoms with Gasteiger partial charge in [-0.15, -0.1) is 0 Å². The van der Waals surface area contributed by atoms with Gasteiger partial charge in [0.05, 0.1) is 0 Å². The molecule has 112 valence electrons. The van der Waals surface area contributed by atoms with Gasteiger partial charge in [-0.1, -0.05) is 27.7 Å². The zero-order valence-electron chi connectivity index (χ0n) is 13.4. The van der Waals surface area contributed by atoms with E-state index in [4.69, 9.17) is 5.73 Å². The minimum Gasteiger partial charge on any atom is -0.343 e. The van der Waals surface area contributed by atoms with Crippen molar-refractivity contribution in [2.24, 2.45) is 17.1 Å². The maximum atomic E-state index is 12.3. The molecule has 0 aromatic rings. The van der Waals surface area contributed by atoms with Crippen molar-refractivity contribution in [3.8, 4) is 0 Å². The number of nitrogens with zero attached hydrogens (tertiary/aromatic N) is 1. The van der Waals surface area contributed by atoms with Gasteiger partial charge in [-0.05, 0) is 43.4 Å². The first-order valence-electron chi connectivity index (χ1n) is 7.70. The molecular formula is C16H32N2O. The van der Waals surface area contributed by atoms with Crippen LogP contribution in [0.2, 0.25) is 0 Å². The van der Waals surface area contributed by atoms with Crippen LogP contribution in [0.25, 0.3) is 0 Å². The Kier molecular flexibility index (Phi) is 5.84. The molecule has 1 atom stereocenters. The first kappa shape index (κ1) is 16.5. The van der Waals surface area contributed by atoms with Crippen molar-refractivity contribution in [3.63, 3.8) is 0 Å². The Morgan fingerprint density at radius 1 is 1.26 bits per heavy atom. The van der Waals surface area contributed by atoms with Crippen LogP contribution in [0.1, 0.15) is 66.2 Å². The van der Waals surface area contributed by atoms with Gasteiger partial charge in [0.1, 0.15) is 0 Å². The third kappa shape index (κ3) is 5.94. The molecule has 3 nitrogen and oxygen atoms in total.